The summed E-state index contributed by atoms with van der Waals surface area (Å²) in [4.78, 5) is 16.1. The van der Waals surface area contributed by atoms with Gasteiger partial charge in [0.25, 0.3) is 0 Å². The summed E-state index contributed by atoms with van der Waals surface area (Å²) in [7, 11) is 0. The highest BCUT2D eigenvalue weighted by atomic mass is 16.5. The van der Waals surface area contributed by atoms with Crippen molar-refractivity contribution in [1.29, 1.82) is 0 Å². The van der Waals surface area contributed by atoms with Gasteiger partial charge < -0.3 is 9.26 Å². The molecule has 26 heavy (non-hydrogen) atoms. The van der Waals surface area contributed by atoms with Crippen molar-refractivity contribution in [2.45, 2.75) is 6.61 Å². The Morgan fingerprint density at radius 2 is 1.88 bits per heavy atom. The van der Waals surface area contributed by atoms with Crippen molar-refractivity contribution in [1.82, 2.24) is 19.9 Å². The van der Waals surface area contributed by atoms with Gasteiger partial charge in [-0.2, -0.15) is 5.10 Å². The molecule has 0 aliphatic heterocycles. The van der Waals surface area contributed by atoms with Gasteiger partial charge >= 0.3 is 5.97 Å². The van der Waals surface area contributed by atoms with Crippen molar-refractivity contribution < 1.29 is 14.1 Å². The lowest BCUT2D eigenvalue weighted by Crippen LogP contribution is -2.05. The third-order valence-electron chi connectivity index (χ3n) is 3.75. The highest BCUT2D eigenvalue weighted by molar-refractivity contribution is 5.89. The summed E-state index contributed by atoms with van der Waals surface area (Å²) in [6.07, 6.45) is 3.03. The van der Waals surface area contributed by atoms with Crippen molar-refractivity contribution in [3.05, 3.63) is 84.6 Å². The monoisotopic (exact) mass is 346 g/mol. The fourth-order valence-corrected chi connectivity index (χ4v) is 2.43. The van der Waals surface area contributed by atoms with E-state index in [1.807, 2.05) is 30.3 Å². The molecule has 4 rings (SSSR count). The number of hydrogen-bond acceptors (Lipinski definition) is 6. The molecule has 0 amide bonds. The molecule has 4 aromatic rings. The van der Waals surface area contributed by atoms with E-state index in [0.29, 0.717) is 17.0 Å². The molecule has 0 fully saturated rings. The standard InChI is InChI=1S/C19H14N4O3/c24-19(15-6-8-17(9-7-15)23-13-20-12-21-23)25-11-16-10-18(26-22-16)14-4-2-1-3-5-14/h1-10,12-13H,11H2. The molecule has 7 nitrogen and oxygen atoms in total. The Labute approximate surface area is 148 Å². The van der Waals surface area contributed by atoms with Crippen LogP contribution in [0.2, 0.25) is 0 Å². The minimum absolute atomic E-state index is 0.0417. The minimum Gasteiger partial charge on any atom is -0.455 e. The molecule has 0 N–H and O–H groups in total. The number of carbonyl (C=O) groups excluding carboxylic acids is 1. The van der Waals surface area contributed by atoms with Crippen LogP contribution in [0.1, 0.15) is 16.1 Å². The van der Waals surface area contributed by atoms with Gasteiger partial charge in [0.15, 0.2) is 5.76 Å². The molecule has 0 radical (unpaired) electrons. The predicted molar refractivity (Wildman–Crippen MR) is 92.4 cm³/mol. The van der Waals surface area contributed by atoms with Gasteiger partial charge in [0.1, 0.15) is 25.0 Å². The average Bonchev–Trinajstić information content (AvgIpc) is 3.39. The van der Waals surface area contributed by atoms with E-state index in [1.54, 1.807) is 41.3 Å². The van der Waals surface area contributed by atoms with Crippen LogP contribution in [0, 0.1) is 0 Å². The van der Waals surface area contributed by atoms with Crippen molar-refractivity contribution in [2.75, 3.05) is 0 Å². The van der Waals surface area contributed by atoms with Crippen LogP contribution in [0.3, 0.4) is 0 Å². The summed E-state index contributed by atoms with van der Waals surface area (Å²) >= 11 is 0. The van der Waals surface area contributed by atoms with E-state index < -0.39 is 5.97 Å². The van der Waals surface area contributed by atoms with Crippen molar-refractivity contribution in [3.63, 3.8) is 0 Å². The Kier molecular flexibility index (Phi) is 4.26. The Morgan fingerprint density at radius 3 is 2.62 bits per heavy atom. The van der Waals surface area contributed by atoms with Crippen LogP contribution in [0.25, 0.3) is 17.0 Å². The maximum atomic E-state index is 12.2. The molecule has 7 heteroatoms. The second-order valence-corrected chi connectivity index (χ2v) is 5.51. The third kappa shape index (κ3) is 3.36. The molecule has 0 atom stereocenters. The molecule has 0 saturated heterocycles. The van der Waals surface area contributed by atoms with Crippen LogP contribution < -0.4 is 0 Å². The van der Waals surface area contributed by atoms with Gasteiger partial charge in [-0.15, -0.1) is 0 Å². The van der Waals surface area contributed by atoms with Gasteiger partial charge in [-0.05, 0) is 24.3 Å². The van der Waals surface area contributed by atoms with Gasteiger partial charge in [-0.3, -0.25) is 0 Å². The first-order chi connectivity index (χ1) is 12.8. The quantitative estimate of drug-likeness (QED) is 0.516. The molecule has 0 aliphatic carbocycles. The maximum absolute atomic E-state index is 12.2. The second kappa shape index (κ2) is 7.02. The van der Waals surface area contributed by atoms with Gasteiger partial charge in [0, 0.05) is 11.6 Å². The van der Waals surface area contributed by atoms with E-state index in [0.717, 1.165) is 11.3 Å². The lowest BCUT2D eigenvalue weighted by atomic mass is 10.2. The highest BCUT2D eigenvalue weighted by Gasteiger charge is 2.11. The molecule has 0 spiro atoms. The van der Waals surface area contributed by atoms with E-state index >= 15 is 0 Å². The minimum atomic E-state index is -0.431. The largest absolute Gasteiger partial charge is 0.455 e. The number of benzene rings is 2. The fourth-order valence-electron chi connectivity index (χ4n) is 2.43. The second-order valence-electron chi connectivity index (χ2n) is 5.51. The Balaban J connectivity index is 1.39. The van der Waals surface area contributed by atoms with Crippen LogP contribution >= 0.6 is 0 Å². The highest BCUT2D eigenvalue weighted by Crippen LogP contribution is 2.20. The molecule has 0 bridgehead atoms. The lowest BCUT2D eigenvalue weighted by Gasteiger charge is -2.04. The third-order valence-corrected chi connectivity index (χ3v) is 3.75. The summed E-state index contributed by atoms with van der Waals surface area (Å²) in [5, 5.41) is 7.97. The van der Waals surface area contributed by atoms with Crippen molar-refractivity contribution in [2.24, 2.45) is 0 Å². The molecule has 0 aliphatic rings. The Bertz CT molecular complexity index is 993. The average molecular weight is 346 g/mol. The number of esters is 1. The summed E-state index contributed by atoms with van der Waals surface area (Å²) in [5.74, 6) is 0.202. The molecule has 128 valence electrons. The van der Waals surface area contributed by atoms with E-state index in [9.17, 15) is 4.79 Å². The maximum Gasteiger partial charge on any atom is 0.338 e. The number of carbonyl (C=O) groups is 1. The summed E-state index contributed by atoms with van der Waals surface area (Å²) in [5.41, 5.74) is 2.72. The van der Waals surface area contributed by atoms with E-state index in [1.165, 1.54) is 6.33 Å². The lowest BCUT2D eigenvalue weighted by molar-refractivity contribution is 0.0464. The van der Waals surface area contributed by atoms with Crippen LogP contribution in [-0.2, 0) is 11.3 Å². The predicted octanol–water partition coefficient (Wildman–Crippen LogP) is 3.28. The summed E-state index contributed by atoms with van der Waals surface area (Å²) in [6.45, 7) is 0.0417. The molecule has 2 aromatic heterocycles. The Hall–Kier alpha value is -3.74. The molecule has 0 saturated carbocycles. The SMILES string of the molecule is O=C(OCc1cc(-c2ccccc2)on1)c1ccc(-n2cncn2)cc1. The van der Waals surface area contributed by atoms with Gasteiger partial charge in [0.05, 0.1) is 11.3 Å². The first kappa shape index (κ1) is 15.8. The summed E-state index contributed by atoms with van der Waals surface area (Å²) < 4.78 is 12.2. The van der Waals surface area contributed by atoms with Gasteiger partial charge in [0.2, 0.25) is 0 Å². The van der Waals surface area contributed by atoms with Gasteiger partial charge in [-0.1, -0.05) is 35.5 Å². The fraction of sp³-hybridized carbons (Fsp3) is 0.0526. The van der Waals surface area contributed by atoms with E-state index in [-0.39, 0.29) is 6.61 Å². The number of rotatable bonds is 5. The first-order valence-electron chi connectivity index (χ1n) is 7.93. The zero-order valence-corrected chi connectivity index (χ0v) is 13.6. The van der Waals surface area contributed by atoms with E-state index in [2.05, 4.69) is 15.2 Å². The Morgan fingerprint density at radius 1 is 1.08 bits per heavy atom. The van der Waals surface area contributed by atoms with Crippen LogP contribution in [0.15, 0.2) is 77.8 Å². The zero-order chi connectivity index (χ0) is 17.8. The topological polar surface area (TPSA) is 83.0 Å². The number of aromatic nitrogens is 4. The van der Waals surface area contributed by atoms with Crippen LogP contribution in [0.5, 0.6) is 0 Å². The number of nitrogens with zero attached hydrogens (tertiary/aromatic N) is 4. The molecule has 0 unspecified atom stereocenters. The van der Waals surface area contributed by atoms with Crippen molar-refractivity contribution >= 4 is 5.97 Å². The molecule has 2 heterocycles. The van der Waals surface area contributed by atoms with Crippen LogP contribution in [-0.4, -0.2) is 25.9 Å². The van der Waals surface area contributed by atoms with Crippen LogP contribution in [0.4, 0.5) is 0 Å². The molecular weight excluding hydrogens is 332 g/mol. The smallest absolute Gasteiger partial charge is 0.338 e. The number of hydrogen-bond donors (Lipinski definition) is 0. The van der Waals surface area contributed by atoms with Gasteiger partial charge in [-0.25, -0.2) is 14.5 Å². The first-order valence-corrected chi connectivity index (χ1v) is 7.93. The number of ether oxygens (including phenoxy) is 1. The van der Waals surface area contributed by atoms with E-state index in [4.69, 9.17) is 9.26 Å². The normalized spacial score (nSPS) is 10.6. The zero-order valence-electron chi connectivity index (χ0n) is 13.6. The molecule has 2 aromatic carbocycles. The summed E-state index contributed by atoms with van der Waals surface area (Å²) in [6, 6.07) is 18.3. The molecular formula is C19H14N4O3. The van der Waals surface area contributed by atoms with Crippen molar-refractivity contribution in [3.8, 4) is 17.0 Å².